The Hall–Kier alpha value is -1.14. The zero-order chi connectivity index (χ0) is 10.7. The molecule has 1 rings (SSSR count). The van der Waals surface area contributed by atoms with E-state index in [2.05, 4.69) is 5.32 Å². The minimum absolute atomic E-state index is 0.263. The Labute approximate surface area is 81.4 Å². The molecule has 6 nitrogen and oxygen atoms in total. The van der Waals surface area contributed by atoms with E-state index in [1.807, 2.05) is 0 Å². The zero-order valence-electron chi connectivity index (χ0n) is 7.90. The summed E-state index contributed by atoms with van der Waals surface area (Å²) in [4.78, 5) is 21.9. The summed E-state index contributed by atoms with van der Waals surface area (Å²) < 4.78 is 5.00. The molecule has 4 N–H and O–H groups in total. The summed E-state index contributed by atoms with van der Waals surface area (Å²) in [5, 5.41) is 10.9. The van der Waals surface area contributed by atoms with Crippen molar-refractivity contribution < 1.29 is 19.4 Å². The van der Waals surface area contributed by atoms with Gasteiger partial charge in [-0.25, -0.2) is 0 Å². The highest BCUT2D eigenvalue weighted by atomic mass is 16.5. The highest BCUT2D eigenvalue weighted by Gasteiger charge is 2.32. The van der Waals surface area contributed by atoms with E-state index in [-0.39, 0.29) is 18.6 Å². The Bertz CT molecular complexity index is 243. The number of nitrogens with one attached hydrogen (secondary N) is 1. The minimum atomic E-state index is -1.06. The Balaban J connectivity index is 2.45. The summed E-state index contributed by atoms with van der Waals surface area (Å²) in [6.45, 7) is 2.01. The van der Waals surface area contributed by atoms with Crippen molar-refractivity contribution in [2.75, 3.05) is 13.2 Å². The van der Waals surface area contributed by atoms with Crippen LogP contribution in [0.1, 0.15) is 6.92 Å². The van der Waals surface area contributed by atoms with Crippen molar-refractivity contribution >= 4 is 11.9 Å². The van der Waals surface area contributed by atoms with Gasteiger partial charge in [-0.3, -0.25) is 9.59 Å². The highest BCUT2D eigenvalue weighted by molar-refractivity contribution is 5.85. The van der Waals surface area contributed by atoms with Crippen LogP contribution in [0.3, 0.4) is 0 Å². The Kier molecular flexibility index (Phi) is 3.43. The van der Waals surface area contributed by atoms with Crippen LogP contribution in [0.25, 0.3) is 0 Å². The fourth-order valence-electron chi connectivity index (χ4n) is 1.22. The molecule has 1 fully saturated rings. The molecule has 0 aromatic carbocycles. The molecule has 0 saturated carbocycles. The molecule has 2 unspecified atom stereocenters. The van der Waals surface area contributed by atoms with E-state index < -0.39 is 17.9 Å². The largest absolute Gasteiger partial charge is 0.480 e. The Morgan fingerprint density at radius 2 is 2.21 bits per heavy atom. The molecular weight excluding hydrogens is 188 g/mol. The molecule has 0 aliphatic carbocycles. The van der Waals surface area contributed by atoms with Gasteiger partial charge in [0.15, 0.2) is 0 Å². The summed E-state index contributed by atoms with van der Waals surface area (Å²) in [7, 11) is 0. The van der Waals surface area contributed by atoms with Gasteiger partial charge < -0.3 is 20.9 Å². The number of carboxylic acid groups (broad SMARTS) is 1. The fourth-order valence-corrected chi connectivity index (χ4v) is 1.22. The second-order valence-corrected chi connectivity index (χ2v) is 3.38. The molecule has 3 atom stereocenters. The van der Waals surface area contributed by atoms with E-state index >= 15 is 0 Å². The average Bonchev–Trinajstić information content (AvgIpc) is 2.51. The predicted molar refractivity (Wildman–Crippen MR) is 47.5 cm³/mol. The molecule has 1 aliphatic rings. The number of hydrogen-bond acceptors (Lipinski definition) is 4. The third kappa shape index (κ3) is 2.43. The lowest BCUT2D eigenvalue weighted by atomic mass is 10.0. The predicted octanol–water partition coefficient (Wildman–Crippen LogP) is -1.45. The molecule has 1 saturated heterocycles. The first kappa shape index (κ1) is 10.9. The number of carboxylic acids is 1. The van der Waals surface area contributed by atoms with Crippen molar-refractivity contribution in [3.63, 3.8) is 0 Å². The minimum Gasteiger partial charge on any atom is -0.480 e. The maximum Gasteiger partial charge on any atom is 0.325 e. The SMILES string of the molecule is C[C@@H](NC(=O)C1COCC1N)C(=O)O. The van der Waals surface area contributed by atoms with E-state index in [1.165, 1.54) is 6.92 Å². The summed E-state index contributed by atoms with van der Waals surface area (Å²) >= 11 is 0. The molecule has 14 heavy (non-hydrogen) atoms. The van der Waals surface area contributed by atoms with Crippen molar-refractivity contribution in [1.29, 1.82) is 0 Å². The van der Waals surface area contributed by atoms with Gasteiger partial charge in [0.1, 0.15) is 6.04 Å². The van der Waals surface area contributed by atoms with Crippen LogP contribution in [0.2, 0.25) is 0 Å². The maximum atomic E-state index is 11.4. The van der Waals surface area contributed by atoms with Gasteiger partial charge in [-0.05, 0) is 6.92 Å². The zero-order valence-corrected chi connectivity index (χ0v) is 7.90. The van der Waals surface area contributed by atoms with Crippen molar-refractivity contribution in [2.45, 2.75) is 19.0 Å². The first-order valence-electron chi connectivity index (χ1n) is 4.39. The lowest BCUT2D eigenvalue weighted by molar-refractivity contribution is -0.142. The van der Waals surface area contributed by atoms with E-state index in [9.17, 15) is 9.59 Å². The Morgan fingerprint density at radius 1 is 1.57 bits per heavy atom. The van der Waals surface area contributed by atoms with Gasteiger partial charge in [0.05, 0.1) is 19.1 Å². The summed E-state index contributed by atoms with van der Waals surface area (Å²) in [6, 6.07) is -1.23. The second kappa shape index (κ2) is 4.39. The monoisotopic (exact) mass is 202 g/mol. The number of hydrogen-bond donors (Lipinski definition) is 3. The number of aliphatic carboxylic acids is 1. The first-order chi connectivity index (χ1) is 6.52. The lowest BCUT2D eigenvalue weighted by Crippen LogP contribution is -2.46. The van der Waals surface area contributed by atoms with Crippen LogP contribution in [0.5, 0.6) is 0 Å². The number of amides is 1. The second-order valence-electron chi connectivity index (χ2n) is 3.38. The van der Waals surface area contributed by atoms with Gasteiger partial charge >= 0.3 is 5.97 Å². The van der Waals surface area contributed by atoms with E-state index in [4.69, 9.17) is 15.6 Å². The first-order valence-corrected chi connectivity index (χ1v) is 4.39. The van der Waals surface area contributed by atoms with Crippen molar-refractivity contribution in [3.8, 4) is 0 Å². The maximum absolute atomic E-state index is 11.4. The summed E-state index contributed by atoms with van der Waals surface area (Å²) in [6.07, 6.45) is 0. The topological polar surface area (TPSA) is 102 Å². The third-order valence-corrected chi connectivity index (χ3v) is 2.19. The summed E-state index contributed by atoms with van der Waals surface area (Å²) in [5.41, 5.74) is 5.60. The van der Waals surface area contributed by atoms with Crippen molar-refractivity contribution in [2.24, 2.45) is 11.7 Å². The molecular formula is C8H14N2O4. The standard InChI is InChI=1S/C8H14N2O4/c1-4(8(12)13)10-7(11)5-2-14-3-6(5)9/h4-6H,2-3,9H2,1H3,(H,10,11)(H,12,13)/t4-,5?,6?/m1/s1. The normalized spacial score (nSPS) is 28.4. The molecule has 80 valence electrons. The molecule has 0 aromatic heterocycles. The number of ether oxygens (including phenoxy) is 1. The van der Waals surface area contributed by atoms with Gasteiger partial charge in [0.2, 0.25) is 5.91 Å². The van der Waals surface area contributed by atoms with Crippen LogP contribution in [-0.2, 0) is 14.3 Å². The molecule has 1 aliphatic heterocycles. The fraction of sp³-hybridized carbons (Fsp3) is 0.750. The van der Waals surface area contributed by atoms with Crippen LogP contribution in [0, 0.1) is 5.92 Å². The van der Waals surface area contributed by atoms with E-state index in [0.29, 0.717) is 6.61 Å². The van der Waals surface area contributed by atoms with Crippen LogP contribution >= 0.6 is 0 Å². The smallest absolute Gasteiger partial charge is 0.325 e. The summed E-state index contributed by atoms with van der Waals surface area (Å²) in [5.74, 6) is -1.85. The van der Waals surface area contributed by atoms with Crippen LogP contribution in [0.15, 0.2) is 0 Å². The van der Waals surface area contributed by atoms with E-state index in [0.717, 1.165) is 0 Å². The number of carbonyl (C=O) groups is 2. The van der Waals surface area contributed by atoms with Crippen LogP contribution in [0.4, 0.5) is 0 Å². The number of carbonyl (C=O) groups excluding carboxylic acids is 1. The lowest BCUT2D eigenvalue weighted by Gasteiger charge is -2.15. The number of rotatable bonds is 3. The highest BCUT2D eigenvalue weighted by Crippen LogP contribution is 2.11. The quantitative estimate of drug-likeness (QED) is 0.519. The van der Waals surface area contributed by atoms with Crippen molar-refractivity contribution in [3.05, 3.63) is 0 Å². The average molecular weight is 202 g/mol. The molecule has 1 amide bonds. The Morgan fingerprint density at radius 3 is 2.64 bits per heavy atom. The molecule has 0 spiro atoms. The van der Waals surface area contributed by atoms with Gasteiger partial charge in [-0.2, -0.15) is 0 Å². The molecule has 0 radical (unpaired) electrons. The van der Waals surface area contributed by atoms with Gasteiger partial charge in [0.25, 0.3) is 0 Å². The molecule has 6 heteroatoms. The molecule has 1 heterocycles. The van der Waals surface area contributed by atoms with Crippen LogP contribution in [-0.4, -0.2) is 42.3 Å². The molecule has 0 aromatic rings. The van der Waals surface area contributed by atoms with Crippen LogP contribution < -0.4 is 11.1 Å². The number of nitrogens with two attached hydrogens (primary N) is 1. The third-order valence-electron chi connectivity index (χ3n) is 2.19. The molecule has 0 bridgehead atoms. The van der Waals surface area contributed by atoms with Gasteiger partial charge in [0, 0.05) is 6.04 Å². The van der Waals surface area contributed by atoms with Gasteiger partial charge in [-0.15, -0.1) is 0 Å². The van der Waals surface area contributed by atoms with Gasteiger partial charge in [-0.1, -0.05) is 0 Å². The van der Waals surface area contributed by atoms with Crippen molar-refractivity contribution in [1.82, 2.24) is 5.32 Å². The van der Waals surface area contributed by atoms with E-state index in [1.54, 1.807) is 0 Å².